The van der Waals surface area contributed by atoms with Gasteiger partial charge in [0.05, 0.1) is 12.6 Å². The molecule has 5 nitrogen and oxygen atoms in total. The van der Waals surface area contributed by atoms with Crippen LogP contribution in [0.25, 0.3) is 0 Å². The zero-order valence-corrected chi connectivity index (χ0v) is 21.2. The number of hydrogen-bond donors (Lipinski definition) is 2. The molecule has 2 saturated heterocycles. The summed E-state index contributed by atoms with van der Waals surface area (Å²) in [6.07, 6.45) is 3.46. The van der Waals surface area contributed by atoms with E-state index in [9.17, 15) is 9.90 Å². The summed E-state index contributed by atoms with van der Waals surface area (Å²) >= 11 is 0. The van der Waals surface area contributed by atoms with Crippen LogP contribution in [-0.4, -0.2) is 61.3 Å². The number of piperazine rings is 1. The molecule has 0 radical (unpaired) electrons. The Balaban J connectivity index is 0.00000306. The molecule has 6 heteroatoms. The maximum absolute atomic E-state index is 13.7. The standard InChI is InChI=1S/C27H37N3O2.H2S/c1-19-15-20(2)26(21(3)25(19)16-22-9-11-28-12-10-22)27(32)29-13-14-30(24(17-29)18-31)23-7-5-4-6-8-23;/h4-8,15,22,24,28,31H,9-14,16-18H2,1-3H3;1H2/t24-;/m0./s1. The Morgan fingerprint density at radius 1 is 1.06 bits per heavy atom. The van der Waals surface area contributed by atoms with E-state index in [1.165, 1.54) is 24.0 Å². The van der Waals surface area contributed by atoms with E-state index in [0.29, 0.717) is 19.0 Å². The van der Waals surface area contributed by atoms with Crippen molar-refractivity contribution in [2.24, 2.45) is 5.92 Å². The van der Waals surface area contributed by atoms with Gasteiger partial charge < -0.3 is 20.2 Å². The van der Waals surface area contributed by atoms with Gasteiger partial charge in [-0.3, -0.25) is 4.79 Å². The second-order valence-electron chi connectivity index (χ2n) is 9.50. The predicted octanol–water partition coefficient (Wildman–Crippen LogP) is 3.59. The molecule has 0 spiro atoms. The lowest BCUT2D eigenvalue weighted by molar-refractivity contribution is 0.0697. The topological polar surface area (TPSA) is 55.8 Å². The monoisotopic (exact) mass is 469 g/mol. The fraction of sp³-hybridized carbons (Fsp3) is 0.519. The summed E-state index contributed by atoms with van der Waals surface area (Å²) in [5.41, 5.74) is 6.84. The molecular formula is C27H39N3O2S. The van der Waals surface area contributed by atoms with Crippen molar-refractivity contribution in [2.45, 2.75) is 46.1 Å². The number of amides is 1. The average molecular weight is 470 g/mol. The van der Waals surface area contributed by atoms with Gasteiger partial charge in [0.2, 0.25) is 0 Å². The molecular weight excluding hydrogens is 430 g/mol. The zero-order valence-electron chi connectivity index (χ0n) is 20.2. The van der Waals surface area contributed by atoms with Gasteiger partial charge >= 0.3 is 0 Å². The van der Waals surface area contributed by atoms with Crippen LogP contribution in [0.1, 0.15) is 45.5 Å². The molecule has 4 rings (SSSR count). The summed E-state index contributed by atoms with van der Waals surface area (Å²) in [6, 6.07) is 12.3. The maximum Gasteiger partial charge on any atom is 0.254 e. The molecule has 1 atom stereocenters. The van der Waals surface area contributed by atoms with Crippen LogP contribution in [0.5, 0.6) is 0 Å². The molecule has 180 valence electrons. The average Bonchev–Trinajstić information content (AvgIpc) is 2.82. The SMILES string of the molecule is Cc1cc(C)c(C(=O)N2CCN(c3ccccc3)[C@H](CO)C2)c(C)c1CC1CCNCC1.S. The van der Waals surface area contributed by atoms with E-state index in [0.717, 1.165) is 48.4 Å². The van der Waals surface area contributed by atoms with E-state index in [1.807, 2.05) is 23.1 Å². The molecule has 2 N–H and O–H groups in total. The van der Waals surface area contributed by atoms with Crippen molar-refractivity contribution in [1.82, 2.24) is 10.2 Å². The van der Waals surface area contributed by atoms with Crippen LogP contribution in [0.3, 0.4) is 0 Å². The van der Waals surface area contributed by atoms with Crippen molar-refractivity contribution in [3.05, 3.63) is 64.2 Å². The minimum Gasteiger partial charge on any atom is -0.394 e. The quantitative estimate of drug-likeness (QED) is 0.703. The van der Waals surface area contributed by atoms with Gasteiger partial charge in [0.1, 0.15) is 0 Å². The third-order valence-corrected chi connectivity index (χ3v) is 7.36. The maximum atomic E-state index is 13.7. The highest BCUT2D eigenvalue weighted by atomic mass is 32.1. The van der Waals surface area contributed by atoms with Gasteiger partial charge in [0.25, 0.3) is 5.91 Å². The highest BCUT2D eigenvalue weighted by Gasteiger charge is 2.31. The van der Waals surface area contributed by atoms with E-state index >= 15 is 0 Å². The highest BCUT2D eigenvalue weighted by molar-refractivity contribution is 7.59. The van der Waals surface area contributed by atoms with Crippen LogP contribution < -0.4 is 10.2 Å². The number of carbonyl (C=O) groups is 1. The molecule has 2 heterocycles. The van der Waals surface area contributed by atoms with Crippen LogP contribution in [0.2, 0.25) is 0 Å². The largest absolute Gasteiger partial charge is 0.394 e. The third-order valence-electron chi connectivity index (χ3n) is 7.36. The molecule has 33 heavy (non-hydrogen) atoms. The van der Waals surface area contributed by atoms with E-state index in [4.69, 9.17) is 0 Å². The first-order chi connectivity index (χ1) is 15.5. The Hall–Kier alpha value is -2.02. The number of aryl methyl sites for hydroxylation is 2. The van der Waals surface area contributed by atoms with Crippen molar-refractivity contribution < 1.29 is 9.90 Å². The summed E-state index contributed by atoms with van der Waals surface area (Å²) in [7, 11) is 0. The number of hydrogen-bond acceptors (Lipinski definition) is 4. The van der Waals surface area contributed by atoms with Gasteiger partial charge in [-0.1, -0.05) is 24.3 Å². The number of piperidine rings is 1. The first-order valence-electron chi connectivity index (χ1n) is 12.0. The first kappa shape index (κ1) is 25.6. The van der Waals surface area contributed by atoms with E-state index in [-0.39, 0.29) is 32.1 Å². The Labute approximate surface area is 205 Å². The second kappa shape index (κ2) is 11.4. The normalized spacial score (nSPS) is 19.3. The van der Waals surface area contributed by atoms with Crippen molar-refractivity contribution in [1.29, 1.82) is 0 Å². The van der Waals surface area contributed by atoms with Gasteiger partial charge in [-0.25, -0.2) is 0 Å². The molecule has 2 aromatic carbocycles. The number of anilines is 1. The minimum atomic E-state index is -0.0876. The Morgan fingerprint density at radius 3 is 2.42 bits per heavy atom. The lowest BCUT2D eigenvalue weighted by Crippen LogP contribution is -2.56. The number of nitrogens with zero attached hydrogens (tertiary/aromatic N) is 2. The number of para-hydroxylation sites is 1. The number of aliphatic hydroxyl groups excluding tert-OH is 1. The van der Waals surface area contributed by atoms with Gasteiger partial charge in [-0.15, -0.1) is 0 Å². The van der Waals surface area contributed by atoms with E-state index in [1.54, 1.807) is 0 Å². The van der Waals surface area contributed by atoms with Crippen molar-refractivity contribution in [2.75, 3.05) is 44.2 Å². The smallest absolute Gasteiger partial charge is 0.254 e. The number of rotatable bonds is 5. The molecule has 2 aromatic rings. The van der Waals surface area contributed by atoms with E-state index in [2.05, 4.69) is 49.2 Å². The highest BCUT2D eigenvalue weighted by Crippen LogP contribution is 2.29. The summed E-state index contributed by atoms with van der Waals surface area (Å²) in [5, 5.41) is 13.5. The molecule has 0 aromatic heterocycles. The molecule has 0 bridgehead atoms. The van der Waals surface area contributed by atoms with Gasteiger partial charge in [-0.2, -0.15) is 13.5 Å². The van der Waals surface area contributed by atoms with Crippen LogP contribution in [-0.2, 0) is 6.42 Å². The zero-order chi connectivity index (χ0) is 22.7. The fourth-order valence-electron chi connectivity index (χ4n) is 5.56. The number of carbonyl (C=O) groups excluding carboxylic acids is 1. The molecule has 0 saturated carbocycles. The van der Waals surface area contributed by atoms with Crippen LogP contribution >= 0.6 is 13.5 Å². The Morgan fingerprint density at radius 2 is 1.76 bits per heavy atom. The second-order valence-corrected chi connectivity index (χ2v) is 9.50. The molecule has 2 aliphatic rings. The summed E-state index contributed by atoms with van der Waals surface area (Å²) in [6.45, 7) is 10.5. The van der Waals surface area contributed by atoms with Crippen LogP contribution in [0.15, 0.2) is 36.4 Å². The van der Waals surface area contributed by atoms with Crippen LogP contribution in [0, 0.1) is 26.7 Å². The molecule has 0 aliphatic carbocycles. The molecule has 0 unspecified atom stereocenters. The Bertz CT molecular complexity index is 944. The van der Waals surface area contributed by atoms with Crippen molar-refractivity contribution in [3.8, 4) is 0 Å². The van der Waals surface area contributed by atoms with Gasteiger partial charge in [0, 0.05) is 30.9 Å². The van der Waals surface area contributed by atoms with Gasteiger partial charge in [-0.05, 0) is 93.4 Å². The molecule has 1 amide bonds. The molecule has 2 aliphatic heterocycles. The van der Waals surface area contributed by atoms with Crippen molar-refractivity contribution >= 4 is 25.1 Å². The van der Waals surface area contributed by atoms with E-state index < -0.39 is 0 Å². The summed E-state index contributed by atoms with van der Waals surface area (Å²) < 4.78 is 0. The summed E-state index contributed by atoms with van der Waals surface area (Å²) in [5.74, 6) is 0.796. The predicted molar refractivity (Wildman–Crippen MR) is 141 cm³/mol. The first-order valence-corrected chi connectivity index (χ1v) is 12.0. The minimum absolute atomic E-state index is 0. The fourth-order valence-corrected chi connectivity index (χ4v) is 5.56. The van der Waals surface area contributed by atoms with Crippen molar-refractivity contribution in [3.63, 3.8) is 0 Å². The number of nitrogens with one attached hydrogen (secondary N) is 1. The number of aliphatic hydroxyl groups is 1. The summed E-state index contributed by atoms with van der Waals surface area (Å²) in [4.78, 5) is 17.9. The van der Waals surface area contributed by atoms with Crippen LogP contribution in [0.4, 0.5) is 5.69 Å². The lowest BCUT2D eigenvalue weighted by atomic mass is 9.84. The molecule has 2 fully saturated rings. The Kier molecular flexibility index (Phi) is 8.85. The lowest BCUT2D eigenvalue weighted by Gasteiger charge is -2.42. The number of benzene rings is 2. The third kappa shape index (κ3) is 5.56. The van der Waals surface area contributed by atoms with Gasteiger partial charge in [0.15, 0.2) is 0 Å².